The maximum Gasteiger partial charge on any atom is 0.243 e. The third-order valence-electron chi connectivity index (χ3n) is 4.48. The van der Waals surface area contributed by atoms with Gasteiger partial charge in [-0.2, -0.15) is 4.98 Å². The number of benzene rings is 1. The molecule has 1 aromatic heterocycles. The highest BCUT2D eigenvalue weighted by molar-refractivity contribution is 5.29. The van der Waals surface area contributed by atoms with Crippen LogP contribution in [0.2, 0.25) is 0 Å². The Morgan fingerprint density at radius 3 is 2.62 bits per heavy atom. The molecule has 2 aromatic rings. The third kappa shape index (κ3) is 3.73. The van der Waals surface area contributed by atoms with Crippen LogP contribution in [0.1, 0.15) is 30.2 Å². The zero-order valence-electron chi connectivity index (χ0n) is 14.3. The third-order valence-corrected chi connectivity index (χ3v) is 4.48. The first-order valence-corrected chi connectivity index (χ1v) is 8.16. The van der Waals surface area contributed by atoms with Gasteiger partial charge in [0.05, 0.1) is 13.2 Å². The van der Waals surface area contributed by atoms with Crippen molar-refractivity contribution in [1.82, 2.24) is 19.9 Å². The zero-order chi connectivity index (χ0) is 17.1. The maximum absolute atomic E-state index is 13.8. The van der Waals surface area contributed by atoms with E-state index in [4.69, 9.17) is 9.26 Å². The molecule has 0 aliphatic carbocycles. The standard InChI is InChI=1S/C17H23FN4O2/c1-12(17-19-13(2)20-24-17)22-8-6-21(7-9-22)11-14-4-5-16(23-3)15(18)10-14/h4-5,10,12H,6-9,11H2,1-3H3. The highest BCUT2D eigenvalue weighted by atomic mass is 19.1. The van der Waals surface area contributed by atoms with E-state index in [-0.39, 0.29) is 17.6 Å². The molecule has 0 saturated carbocycles. The summed E-state index contributed by atoms with van der Waals surface area (Å²) < 4.78 is 24.0. The monoisotopic (exact) mass is 334 g/mol. The second-order valence-electron chi connectivity index (χ2n) is 6.14. The predicted molar refractivity (Wildman–Crippen MR) is 87.3 cm³/mol. The van der Waals surface area contributed by atoms with Crippen molar-refractivity contribution in [2.24, 2.45) is 0 Å². The van der Waals surface area contributed by atoms with Crippen LogP contribution in [-0.2, 0) is 6.54 Å². The minimum Gasteiger partial charge on any atom is -0.494 e. The van der Waals surface area contributed by atoms with E-state index >= 15 is 0 Å². The van der Waals surface area contributed by atoms with Gasteiger partial charge in [-0.3, -0.25) is 9.80 Å². The summed E-state index contributed by atoms with van der Waals surface area (Å²) in [5.41, 5.74) is 0.960. The molecule has 6 nitrogen and oxygen atoms in total. The molecule has 7 heteroatoms. The van der Waals surface area contributed by atoms with E-state index in [1.54, 1.807) is 12.1 Å². The van der Waals surface area contributed by atoms with E-state index in [2.05, 4.69) is 26.9 Å². The summed E-state index contributed by atoms with van der Waals surface area (Å²) in [5.74, 6) is 1.30. The minimum atomic E-state index is -0.311. The molecule has 0 amide bonds. The Bertz CT molecular complexity index is 683. The van der Waals surface area contributed by atoms with Gasteiger partial charge in [0.25, 0.3) is 0 Å². The molecular formula is C17H23FN4O2. The first-order valence-electron chi connectivity index (χ1n) is 8.16. The Hall–Kier alpha value is -1.99. The van der Waals surface area contributed by atoms with E-state index in [9.17, 15) is 4.39 Å². The lowest BCUT2D eigenvalue weighted by atomic mass is 10.1. The van der Waals surface area contributed by atoms with Gasteiger partial charge in [0.15, 0.2) is 17.4 Å². The minimum absolute atomic E-state index is 0.117. The number of ether oxygens (including phenoxy) is 1. The molecule has 2 heterocycles. The van der Waals surface area contributed by atoms with Crippen LogP contribution in [-0.4, -0.2) is 53.2 Å². The molecule has 1 atom stereocenters. The van der Waals surface area contributed by atoms with Gasteiger partial charge in [0, 0.05) is 32.7 Å². The van der Waals surface area contributed by atoms with Gasteiger partial charge >= 0.3 is 0 Å². The lowest BCUT2D eigenvalue weighted by Crippen LogP contribution is -2.46. The maximum atomic E-state index is 13.8. The molecule has 130 valence electrons. The second-order valence-corrected chi connectivity index (χ2v) is 6.14. The highest BCUT2D eigenvalue weighted by Gasteiger charge is 2.25. The SMILES string of the molecule is COc1ccc(CN2CCN(C(C)c3nc(C)no3)CC2)cc1F. The van der Waals surface area contributed by atoms with Crippen LogP contribution in [0, 0.1) is 12.7 Å². The number of nitrogens with zero attached hydrogens (tertiary/aromatic N) is 4. The molecular weight excluding hydrogens is 311 g/mol. The largest absolute Gasteiger partial charge is 0.494 e. The Balaban J connectivity index is 1.54. The summed E-state index contributed by atoms with van der Waals surface area (Å²) in [6.45, 7) is 8.33. The molecule has 1 fully saturated rings. The lowest BCUT2D eigenvalue weighted by Gasteiger charge is -2.36. The number of rotatable bonds is 5. The number of hydrogen-bond acceptors (Lipinski definition) is 6. The van der Waals surface area contributed by atoms with Crippen LogP contribution in [0.4, 0.5) is 4.39 Å². The van der Waals surface area contributed by atoms with Crippen LogP contribution in [0.25, 0.3) is 0 Å². The fraction of sp³-hybridized carbons (Fsp3) is 0.529. The van der Waals surface area contributed by atoms with Gasteiger partial charge in [-0.25, -0.2) is 4.39 Å². The van der Waals surface area contributed by atoms with Gasteiger partial charge in [0.2, 0.25) is 5.89 Å². The first-order chi connectivity index (χ1) is 11.6. The van der Waals surface area contributed by atoms with Crippen molar-refractivity contribution in [1.29, 1.82) is 0 Å². The van der Waals surface area contributed by atoms with Crippen molar-refractivity contribution < 1.29 is 13.7 Å². The van der Waals surface area contributed by atoms with Gasteiger partial charge in [0.1, 0.15) is 0 Å². The van der Waals surface area contributed by atoms with E-state index < -0.39 is 0 Å². The Morgan fingerprint density at radius 1 is 1.29 bits per heavy atom. The molecule has 3 rings (SSSR count). The molecule has 1 aliphatic rings. The predicted octanol–water partition coefficient (Wildman–Crippen LogP) is 2.40. The normalized spacial score (nSPS) is 17.8. The Labute approximate surface area is 141 Å². The highest BCUT2D eigenvalue weighted by Crippen LogP contribution is 2.22. The fourth-order valence-corrected chi connectivity index (χ4v) is 3.01. The summed E-state index contributed by atoms with van der Waals surface area (Å²) in [7, 11) is 1.48. The molecule has 0 spiro atoms. The van der Waals surface area contributed by atoms with E-state index in [1.165, 1.54) is 7.11 Å². The Morgan fingerprint density at radius 2 is 2.04 bits per heavy atom. The number of aromatic nitrogens is 2. The second kappa shape index (κ2) is 7.27. The summed E-state index contributed by atoms with van der Waals surface area (Å²) in [6.07, 6.45) is 0. The van der Waals surface area contributed by atoms with Crippen LogP contribution in [0.15, 0.2) is 22.7 Å². The van der Waals surface area contributed by atoms with Crippen molar-refractivity contribution >= 4 is 0 Å². The summed E-state index contributed by atoms with van der Waals surface area (Å²) in [4.78, 5) is 8.97. The smallest absolute Gasteiger partial charge is 0.243 e. The number of methoxy groups -OCH3 is 1. The van der Waals surface area contributed by atoms with Crippen molar-refractivity contribution in [2.75, 3.05) is 33.3 Å². The number of hydrogen-bond donors (Lipinski definition) is 0. The van der Waals surface area contributed by atoms with Crippen molar-refractivity contribution in [3.63, 3.8) is 0 Å². The molecule has 1 saturated heterocycles. The number of halogens is 1. The first kappa shape index (κ1) is 16.9. The summed E-state index contributed by atoms with van der Waals surface area (Å²) in [6, 6.07) is 5.26. The molecule has 24 heavy (non-hydrogen) atoms. The van der Waals surface area contributed by atoms with Crippen molar-refractivity contribution in [3.05, 3.63) is 41.3 Å². The van der Waals surface area contributed by atoms with Crippen LogP contribution in [0.5, 0.6) is 5.75 Å². The van der Waals surface area contributed by atoms with E-state index in [0.29, 0.717) is 11.7 Å². The van der Waals surface area contributed by atoms with E-state index in [0.717, 1.165) is 38.3 Å². The molecule has 1 unspecified atom stereocenters. The van der Waals surface area contributed by atoms with Crippen molar-refractivity contribution in [2.45, 2.75) is 26.4 Å². The fourth-order valence-electron chi connectivity index (χ4n) is 3.01. The Kier molecular flexibility index (Phi) is 5.11. The zero-order valence-corrected chi connectivity index (χ0v) is 14.3. The average molecular weight is 334 g/mol. The average Bonchev–Trinajstić information content (AvgIpc) is 3.02. The van der Waals surface area contributed by atoms with E-state index in [1.807, 2.05) is 13.0 Å². The van der Waals surface area contributed by atoms with Gasteiger partial charge in [-0.05, 0) is 31.5 Å². The van der Waals surface area contributed by atoms with Gasteiger partial charge < -0.3 is 9.26 Å². The van der Waals surface area contributed by atoms with Crippen LogP contribution >= 0.6 is 0 Å². The molecule has 0 radical (unpaired) electrons. The van der Waals surface area contributed by atoms with Crippen LogP contribution < -0.4 is 4.74 Å². The summed E-state index contributed by atoms with van der Waals surface area (Å²) in [5, 5.41) is 3.86. The topological polar surface area (TPSA) is 54.6 Å². The van der Waals surface area contributed by atoms with Crippen LogP contribution in [0.3, 0.4) is 0 Å². The molecule has 1 aromatic carbocycles. The quantitative estimate of drug-likeness (QED) is 0.837. The van der Waals surface area contributed by atoms with Gasteiger partial charge in [-0.1, -0.05) is 11.2 Å². The summed E-state index contributed by atoms with van der Waals surface area (Å²) >= 11 is 0. The molecule has 0 bridgehead atoms. The van der Waals surface area contributed by atoms with Crippen molar-refractivity contribution in [3.8, 4) is 5.75 Å². The van der Waals surface area contributed by atoms with Gasteiger partial charge in [-0.15, -0.1) is 0 Å². The number of aryl methyl sites for hydroxylation is 1. The molecule has 1 aliphatic heterocycles. The number of piperazine rings is 1. The molecule has 0 N–H and O–H groups in total. The lowest BCUT2D eigenvalue weighted by molar-refractivity contribution is 0.0844.